The van der Waals surface area contributed by atoms with Crippen molar-refractivity contribution in [3.05, 3.63) is 51.5 Å². The fourth-order valence-electron chi connectivity index (χ4n) is 2.27. The molecule has 0 amide bonds. The molecule has 2 nitrogen and oxygen atoms in total. The second-order valence-electron chi connectivity index (χ2n) is 5.51. The Hall–Kier alpha value is -1.19. The fraction of sp³-hybridized carbons (Fsp3) is 0.500. The summed E-state index contributed by atoms with van der Waals surface area (Å²) in [5, 5.41) is 4.86. The van der Waals surface area contributed by atoms with Crippen LogP contribution >= 0.6 is 11.3 Å². The van der Waals surface area contributed by atoms with Gasteiger partial charge in [-0.25, -0.2) is 4.98 Å². The zero-order valence-corrected chi connectivity index (χ0v) is 14.2. The van der Waals surface area contributed by atoms with E-state index in [1.807, 2.05) is 11.3 Å². The van der Waals surface area contributed by atoms with Gasteiger partial charge in [0.1, 0.15) is 0 Å². The molecule has 0 fully saturated rings. The average Bonchev–Trinajstić information content (AvgIpc) is 2.94. The summed E-state index contributed by atoms with van der Waals surface area (Å²) in [6.07, 6.45) is 4.32. The van der Waals surface area contributed by atoms with Gasteiger partial charge in [-0.05, 0) is 31.7 Å². The third-order valence-corrected chi connectivity index (χ3v) is 5.01. The highest BCUT2D eigenvalue weighted by molar-refractivity contribution is 7.11. The van der Waals surface area contributed by atoms with E-state index in [0.29, 0.717) is 6.04 Å². The standard InChI is InChI=1S/C18H26N2S/c1-4-14(3)19-13-17-16(5-2)20-18(21-17)12-11-15-9-7-6-8-10-15/h6-10,14,19H,4-5,11-13H2,1-3H3. The first-order chi connectivity index (χ1) is 10.2. The van der Waals surface area contributed by atoms with E-state index < -0.39 is 0 Å². The molecule has 0 aliphatic rings. The Bertz CT molecular complexity index is 533. The molecule has 0 spiro atoms. The summed E-state index contributed by atoms with van der Waals surface area (Å²) in [5.74, 6) is 0. The molecule has 0 saturated carbocycles. The number of aromatic nitrogens is 1. The van der Waals surface area contributed by atoms with E-state index in [-0.39, 0.29) is 0 Å². The number of nitrogens with zero attached hydrogens (tertiary/aromatic N) is 1. The van der Waals surface area contributed by atoms with Crippen LogP contribution in [-0.4, -0.2) is 11.0 Å². The van der Waals surface area contributed by atoms with Crippen molar-refractivity contribution in [1.29, 1.82) is 0 Å². The number of thiazole rings is 1. The van der Waals surface area contributed by atoms with Gasteiger partial charge in [-0.2, -0.15) is 0 Å². The molecule has 114 valence electrons. The predicted octanol–water partition coefficient (Wildman–Crippen LogP) is 4.38. The van der Waals surface area contributed by atoms with Crippen LogP contribution in [0.5, 0.6) is 0 Å². The molecule has 0 aliphatic heterocycles. The Labute approximate surface area is 132 Å². The molecule has 2 rings (SSSR count). The number of hydrogen-bond donors (Lipinski definition) is 1. The van der Waals surface area contributed by atoms with Crippen LogP contribution in [0, 0.1) is 0 Å². The minimum Gasteiger partial charge on any atom is -0.309 e. The number of benzene rings is 1. The van der Waals surface area contributed by atoms with Crippen LogP contribution in [0.4, 0.5) is 0 Å². The van der Waals surface area contributed by atoms with Crippen LogP contribution in [0.25, 0.3) is 0 Å². The first kappa shape index (κ1) is 16.2. The molecule has 1 heterocycles. The highest BCUT2D eigenvalue weighted by atomic mass is 32.1. The van der Waals surface area contributed by atoms with E-state index in [4.69, 9.17) is 4.98 Å². The third kappa shape index (κ3) is 4.94. The van der Waals surface area contributed by atoms with Crippen molar-refractivity contribution in [1.82, 2.24) is 10.3 Å². The minimum absolute atomic E-state index is 0.574. The van der Waals surface area contributed by atoms with Crippen LogP contribution in [0.15, 0.2) is 30.3 Å². The second-order valence-corrected chi connectivity index (χ2v) is 6.67. The summed E-state index contributed by atoms with van der Waals surface area (Å²) in [5.41, 5.74) is 2.67. The normalized spacial score (nSPS) is 12.5. The molecule has 21 heavy (non-hydrogen) atoms. The molecule has 2 aromatic rings. The van der Waals surface area contributed by atoms with Crippen molar-refractivity contribution in [2.45, 2.75) is 59.0 Å². The van der Waals surface area contributed by atoms with Crippen molar-refractivity contribution in [2.24, 2.45) is 0 Å². The smallest absolute Gasteiger partial charge is 0.0934 e. The molecule has 0 saturated heterocycles. The summed E-state index contributed by atoms with van der Waals surface area (Å²) in [6.45, 7) is 7.61. The average molecular weight is 302 g/mol. The van der Waals surface area contributed by atoms with Crippen molar-refractivity contribution >= 4 is 11.3 Å². The molecule has 1 aromatic heterocycles. The Kier molecular flexibility index (Phi) is 6.40. The maximum atomic E-state index is 4.83. The summed E-state index contributed by atoms with van der Waals surface area (Å²) in [4.78, 5) is 6.24. The van der Waals surface area contributed by atoms with E-state index in [1.54, 1.807) is 0 Å². The first-order valence-electron chi connectivity index (χ1n) is 7.97. The van der Waals surface area contributed by atoms with Gasteiger partial charge in [0.15, 0.2) is 0 Å². The molecule has 1 unspecified atom stereocenters. The Morgan fingerprint density at radius 1 is 1.14 bits per heavy atom. The number of aryl methyl sites for hydroxylation is 3. The van der Waals surface area contributed by atoms with E-state index >= 15 is 0 Å². The van der Waals surface area contributed by atoms with Gasteiger partial charge in [0.25, 0.3) is 0 Å². The number of hydrogen-bond acceptors (Lipinski definition) is 3. The third-order valence-electron chi connectivity index (χ3n) is 3.85. The number of nitrogens with one attached hydrogen (secondary N) is 1. The maximum Gasteiger partial charge on any atom is 0.0934 e. The van der Waals surface area contributed by atoms with Gasteiger partial charge in [0.2, 0.25) is 0 Å². The molecule has 1 aromatic carbocycles. The molecule has 1 N–H and O–H groups in total. The predicted molar refractivity (Wildman–Crippen MR) is 91.9 cm³/mol. The lowest BCUT2D eigenvalue weighted by Gasteiger charge is -2.10. The van der Waals surface area contributed by atoms with Crippen LogP contribution in [0.2, 0.25) is 0 Å². The Balaban J connectivity index is 1.96. The summed E-state index contributed by atoms with van der Waals surface area (Å²) >= 11 is 1.88. The zero-order chi connectivity index (χ0) is 15.1. The van der Waals surface area contributed by atoms with Gasteiger partial charge < -0.3 is 5.32 Å². The quantitative estimate of drug-likeness (QED) is 0.783. The van der Waals surface area contributed by atoms with Crippen molar-refractivity contribution in [3.63, 3.8) is 0 Å². The Morgan fingerprint density at radius 2 is 1.90 bits per heavy atom. The van der Waals surface area contributed by atoms with Gasteiger partial charge >= 0.3 is 0 Å². The lowest BCUT2D eigenvalue weighted by atomic mass is 10.1. The van der Waals surface area contributed by atoms with Crippen LogP contribution in [-0.2, 0) is 25.8 Å². The van der Waals surface area contributed by atoms with Crippen LogP contribution in [0.3, 0.4) is 0 Å². The van der Waals surface area contributed by atoms with Crippen LogP contribution < -0.4 is 5.32 Å². The van der Waals surface area contributed by atoms with E-state index in [9.17, 15) is 0 Å². The van der Waals surface area contributed by atoms with Crippen molar-refractivity contribution in [2.75, 3.05) is 0 Å². The van der Waals surface area contributed by atoms with Crippen LogP contribution in [0.1, 0.15) is 48.3 Å². The highest BCUT2D eigenvalue weighted by Gasteiger charge is 2.10. The molecule has 0 radical (unpaired) electrons. The highest BCUT2D eigenvalue weighted by Crippen LogP contribution is 2.21. The fourth-order valence-corrected chi connectivity index (χ4v) is 3.37. The molecule has 0 bridgehead atoms. The largest absolute Gasteiger partial charge is 0.309 e. The lowest BCUT2D eigenvalue weighted by molar-refractivity contribution is 0.535. The van der Waals surface area contributed by atoms with E-state index in [0.717, 1.165) is 25.8 Å². The van der Waals surface area contributed by atoms with Gasteiger partial charge in [-0.3, -0.25) is 0 Å². The van der Waals surface area contributed by atoms with E-state index in [1.165, 1.54) is 27.6 Å². The summed E-state index contributed by atoms with van der Waals surface area (Å²) in [7, 11) is 0. The van der Waals surface area contributed by atoms with E-state index in [2.05, 4.69) is 56.4 Å². The number of rotatable bonds is 8. The summed E-state index contributed by atoms with van der Waals surface area (Å²) < 4.78 is 0. The molecular formula is C18H26N2S. The van der Waals surface area contributed by atoms with Crippen molar-refractivity contribution in [3.8, 4) is 0 Å². The minimum atomic E-state index is 0.574. The monoisotopic (exact) mass is 302 g/mol. The molecule has 0 aliphatic carbocycles. The zero-order valence-electron chi connectivity index (χ0n) is 13.4. The first-order valence-corrected chi connectivity index (χ1v) is 8.79. The summed E-state index contributed by atoms with van der Waals surface area (Å²) in [6, 6.07) is 11.2. The lowest BCUT2D eigenvalue weighted by Crippen LogP contribution is -2.24. The molecule has 3 heteroatoms. The van der Waals surface area contributed by atoms with Gasteiger partial charge in [-0.1, -0.05) is 44.2 Å². The van der Waals surface area contributed by atoms with Gasteiger partial charge in [-0.15, -0.1) is 11.3 Å². The van der Waals surface area contributed by atoms with Gasteiger partial charge in [0, 0.05) is 23.9 Å². The molecule has 1 atom stereocenters. The molecular weight excluding hydrogens is 276 g/mol. The van der Waals surface area contributed by atoms with Gasteiger partial charge in [0.05, 0.1) is 10.7 Å². The second kappa shape index (κ2) is 8.30. The Morgan fingerprint density at radius 3 is 2.57 bits per heavy atom. The van der Waals surface area contributed by atoms with Crippen molar-refractivity contribution < 1.29 is 0 Å². The SMILES string of the molecule is CCc1nc(CCc2ccccc2)sc1CNC(C)CC. The topological polar surface area (TPSA) is 24.9 Å². The maximum absolute atomic E-state index is 4.83.